The standard InChI is InChI=1S/C24H32N4/c1-19-17-23(21-9-5-3-6-10-21)27-16-14-26-20(2)18-24(28-15-13-25-19)22-11-7-4-8-12-22/h3-12,23-24,27-28H,13-18H2,1-2H3. The van der Waals surface area contributed by atoms with Crippen LogP contribution in [0.3, 0.4) is 0 Å². The second kappa shape index (κ2) is 10.9. The average Bonchev–Trinajstić information content (AvgIpc) is 2.73. The molecule has 1 aliphatic heterocycles. The molecular weight excluding hydrogens is 344 g/mol. The van der Waals surface area contributed by atoms with Gasteiger partial charge >= 0.3 is 0 Å². The van der Waals surface area contributed by atoms with Crippen molar-refractivity contribution < 1.29 is 0 Å². The van der Waals surface area contributed by atoms with Crippen LogP contribution in [0.15, 0.2) is 70.6 Å². The first-order valence-electron chi connectivity index (χ1n) is 10.3. The zero-order valence-corrected chi connectivity index (χ0v) is 17.1. The van der Waals surface area contributed by atoms with Gasteiger partial charge in [-0.1, -0.05) is 60.7 Å². The summed E-state index contributed by atoms with van der Waals surface area (Å²) in [5, 5.41) is 7.36. The maximum absolute atomic E-state index is 4.82. The molecule has 0 radical (unpaired) electrons. The number of hydrogen-bond acceptors (Lipinski definition) is 4. The molecule has 4 heteroatoms. The zero-order chi connectivity index (χ0) is 19.6. The second-order valence-corrected chi connectivity index (χ2v) is 7.48. The molecular formula is C24H32N4. The molecule has 2 N–H and O–H groups in total. The fraction of sp³-hybridized carbons (Fsp3) is 0.417. The molecule has 2 unspecified atom stereocenters. The lowest BCUT2D eigenvalue weighted by Gasteiger charge is -2.21. The van der Waals surface area contributed by atoms with Crippen molar-refractivity contribution in [2.75, 3.05) is 26.2 Å². The van der Waals surface area contributed by atoms with Crippen LogP contribution in [0, 0.1) is 0 Å². The van der Waals surface area contributed by atoms with Gasteiger partial charge in [0.15, 0.2) is 0 Å². The molecule has 0 aliphatic carbocycles. The SMILES string of the molecule is CC1=NCCNC(c2ccccc2)CC(C)=NCCNC(c2ccccc2)C1. The third-order valence-electron chi connectivity index (χ3n) is 5.17. The van der Waals surface area contributed by atoms with E-state index in [9.17, 15) is 0 Å². The van der Waals surface area contributed by atoms with Gasteiger partial charge in [0, 0.05) is 49.4 Å². The molecule has 0 saturated carbocycles. The van der Waals surface area contributed by atoms with Crippen molar-refractivity contribution in [3.8, 4) is 0 Å². The van der Waals surface area contributed by atoms with E-state index in [2.05, 4.69) is 85.1 Å². The van der Waals surface area contributed by atoms with Crippen molar-refractivity contribution in [2.24, 2.45) is 9.98 Å². The summed E-state index contributed by atoms with van der Waals surface area (Å²) in [6.07, 6.45) is 1.85. The number of benzene rings is 2. The van der Waals surface area contributed by atoms with E-state index < -0.39 is 0 Å². The summed E-state index contributed by atoms with van der Waals surface area (Å²) in [6.45, 7) is 7.61. The van der Waals surface area contributed by atoms with Crippen molar-refractivity contribution in [3.05, 3.63) is 71.8 Å². The molecule has 0 fully saturated rings. The summed E-state index contributed by atoms with van der Waals surface area (Å²) in [7, 11) is 0. The van der Waals surface area contributed by atoms with Crippen LogP contribution in [0.2, 0.25) is 0 Å². The quantitative estimate of drug-likeness (QED) is 0.818. The number of aliphatic imine (C=N–C) groups is 2. The molecule has 148 valence electrons. The minimum Gasteiger partial charge on any atom is -0.308 e. The predicted octanol–water partition coefficient (Wildman–Crippen LogP) is 4.36. The van der Waals surface area contributed by atoms with Crippen LogP contribution >= 0.6 is 0 Å². The Morgan fingerprint density at radius 3 is 1.43 bits per heavy atom. The first kappa shape index (κ1) is 20.4. The van der Waals surface area contributed by atoms with E-state index >= 15 is 0 Å². The summed E-state index contributed by atoms with van der Waals surface area (Å²) in [6, 6.07) is 21.9. The lowest BCUT2D eigenvalue weighted by atomic mass is 10.0. The highest BCUT2D eigenvalue weighted by atomic mass is 15.0. The van der Waals surface area contributed by atoms with Gasteiger partial charge in [-0.3, -0.25) is 9.98 Å². The number of nitrogens with zero attached hydrogens (tertiary/aromatic N) is 2. The number of hydrogen-bond donors (Lipinski definition) is 2. The molecule has 1 aliphatic rings. The summed E-state index contributed by atoms with van der Waals surface area (Å²) in [5.41, 5.74) is 5.01. The lowest BCUT2D eigenvalue weighted by Crippen LogP contribution is -2.28. The fourth-order valence-electron chi connectivity index (χ4n) is 3.68. The molecule has 2 atom stereocenters. The van der Waals surface area contributed by atoms with Gasteiger partial charge in [-0.05, 0) is 25.0 Å². The van der Waals surface area contributed by atoms with E-state index in [-0.39, 0.29) is 12.1 Å². The van der Waals surface area contributed by atoms with Crippen LogP contribution in [0.1, 0.15) is 49.9 Å². The van der Waals surface area contributed by atoms with Gasteiger partial charge in [-0.25, -0.2) is 0 Å². The van der Waals surface area contributed by atoms with Gasteiger partial charge in [0.1, 0.15) is 0 Å². The molecule has 0 spiro atoms. The summed E-state index contributed by atoms with van der Waals surface area (Å²) in [4.78, 5) is 9.64. The van der Waals surface area contributed by atoms with Crippen molar-refractivity contribution in [1.29, 1.82) is 0 Å². The molecule has 3 rings (SSSR count). The van der Waals surface area contributed by atoms with E-state index in [1.165, 1.54) is 22.6 Å². The molecule has 0 aromatic heterocycles. The number of rotatable bonds is 2. The maximum atomic E-state index is 4.82. The Morgan fingerprint density at radius 2 is 1.04 bits per heavy atom. The summed E-state index contributed by atoms with van der Waals surface area (Å²) >= 11 is 0. The van der Waals surface area contributed by atoms with Gasteiger partial charge in [0.05, 0.1) is 13.1 Å². The average molecular weight is 377 g/mol. The first-order valence-corrected chi connectivity index (χ1v) is 10.3. The van der Waals surface area contributed by atoms with Crippen LogP contribution < -0.4 is 10.6 Å². The molecule has 0 bridgehead atoms. The third kappa shape index (κ3) is 6.39. The molecule has 0 amide bonds. The van der Waals surface area contributed by atoms with Gasteiger partial charge in [-0.2, -0.15) is 0 Å². The minimum atomic E-state index is 0.286. The summed E-state index contributed by atoms with van der Waals surface area (Å²) in [5.74, 6) is 0. The molecule has 2 aromatic carbocycles. The van der Waals surface area contributed by atoms with E-state index in [0.717, 1.165) is 39.0 Å². The van der Waals surface area contributed by atoms with Crippen LogP contribution in [-0.4, -0.2) is 37.6 Å². The van der Waals surface area contributed by atoms with Crippen molar-refractivity contribution in [1.82, 2.24) is 10.6 Å². The van der Waals surface area contributed by atoms with Crippen LogP contribution in [0.5, 0.6) is 0 Å². The Morgan fingerprint density at radius 1 is 0.643 bits per heavy atom. The summed E-state index contributed by atoms with van der Waals surface area (Å²) < 4.78 is 0. The second-order valence-electron chi connectivity index (χ2n) is 7.48. The van der Waals surface area contributed by atoms with Crippen molar-refractivity contribution >= 4 is 11.4 Å². The van der Waals surface area contributed by atoms with Crippen molar-refractivity contribution in [3.63, 3.8) is 0 Å². The van der Waals surface area contributed by atoms with E-state index in [0.29, 0.717) is 0 Å². The van der Waals surface area contributed by atoms with Crippen LogP contribution in [0.4, 0.5) is 0 Å². The van der Waals surface area contributed by atoms with Gasteiger partial charge < -0.3 is 10.6 Å². The zero-order valence-electron chi connectivity index (χ0n) is 17.1. The maximum Gasteiger partial charge on any atom is 0.0513 e. The largest absolute Gasteiger partial charge is 0.308 e. The normalized spacial score (nSPS) is 22.6. The number of nitrogens with one attached hydrogen (secondary N) is 2. The predicted molar refractivity (Wildman–Crippen MR) is 120 cm³/mol. The molecule has 28 heavy (non-hydrogen) atoms. The topological polar surface area (TPSA) is 48.8 Å². The fourth-order valence-corrected chi connectivity index (χ4v) is 3.68. The molecule has 1 heterocycles. The Kier molecular flexibility index (Phi) is 7.94. The Bertz CT molecular complexity index is 700. The monoisotopic (exact) mass is 376 g/mol. The van der Waals surface area contributed by atoms with Crippen LogP contribution in [0.25, 0.3) is 0 Å². The highest BCUT2D eigenvalue weighted by molar-refractivity contribution is 5.83. The lowest BCUT2D eigenvalue weighted by molar-refractivity contribution is 0.542. The Labute approximate surface area is 169 Å². The van der Waals surface area contributed by atoms with Gasteiger partial charge in [0.25, 0.3) is 0 Å². The smallest absolute Gasteiger partial charge is 0.0513 e. The Hall–Kier alpha value is -2.30. The van der Waals surface area contributed by atoms with Gasteiger partial charge in [-0.15, -0.1) is 0 Å². The van der Waals surface area contributed by atoms with Crippen molar-refractivity contribution in [2.45, 2.75) is 38.8 Å². The minimum absolute atomic E-state index is 0.286. The van der Waals surface area contributed by atoms with Crippen LogP contribution in [-0.2, 0) is 0 Å². The highest BCUT2D eigenvalue weighted by Crippen LogP contribution is 2.19. The van der Waals surface area contributed by atoms with E-state index in [4.69, 9.17) is 9.98 Å². The molecule has 2 aromatic rings. The highest BCUT2D eigenvalue weighted by Gasteiger charge is 2.14. The van der Waals surface area contributed by atoms with E-state index in [1.807, 2.05) is 0 Å². The van der Waals surface area contributed by atoms with E-state index in [1.54, 1.807) is 0 Å². The molecule has 4 nitrogen and oxygen atoms in total. The van der Waals surface area contributed by atoms with Gasteiger partial charge in [0.2, 0.25) is 0 Å². The first-order chi connectivity index (χ1) is 13.7. The Balaban J connectivity index is 1.72. The third-order valence-corrected chi connectivity index (χ3v) is 5.17. The molecule has 0 saturated heterocycles.